The molecule has 2 aromatic carbocycles. The third-order valence-corrected chi connectivity index (χ3v) is 7.40. The first kappa shape index (κ1) is 23.2. The van der Waals surface area contributed by atoms with Crippen molar-refractivity contribution in [1.82, 2.24) is 20.2 Å². The predicted octanol–water partition coefficient (Wildman–Crippen LogP) is 2.53. The summed E-state index contributed by atoms with van der Waals surface area (Å²) in [6, 6.07) is 16.0. The van der Waals surface area contributed by atoms with Gasteiger partial charge in [-0.15, -0.1) is 0 Å². The van der Waals surface area contributed by atoms with Crippen molar-refractivity contribution in [2.45, 2.75) is 24.3 Å². The van der Waals surface area contributed by atoms with Gasteiger partial charge >= 0.3 is 0 Å². The molecule has 0 aliphatic carbocycles. The van der Waals surface area contributed by atoms with Gasteiger partial charge < -0.3 is 15.7 Å². The minimum atomic E-state index is -3.46. The highest BCUT2D eigenvalue weighted by molar-refractivity contribution is 7.91. The molecule has 3 aromatic rings. The Hall–Kier alpha value is -3.01. The summed E-state index contributed by atoms with van der Waals surface area (Å²) in [4.78, 5) is 11.1. The lowest BCUT2D eigenvalue weighted by molar-refractivity contribution is 0.201. The molecule has 1 aliphatic rings. The highest BCUT2D eigenvalue weighted by atomic mass is 32.2. The van der Waals surface area contributed by atoms with E-state index in [2.05, 4.69) is 20.6 Å². The van der Waals surface area contributed by atoms with Crippen LogP contribution in [0.4, 0.5) is 5.95 Å². The molecule has 9 heteroatoms. The molecule has 0 radical (unpaired) electrons. The first-order valence-corrected chi connectivity index (χ1v) is 12.7. The Morgan fingerprint density at radius 1 is 1.18 bits per heavy atom. The summed E-state index contributed by atoms with van der Waals surface area (Å²) in [7, 11) is -3.46. The summed E-state index contributed by atoms with van der Waals surface area (Å²) in [6.45, 7) is 4.97. The molecule has 0 amide bonds. The van der Waals surface area contributed by atoms with Gasteiger partial charge in [0.15, 0.2) is 9.84 Å². The van der Waals surface area contributed by atoms with E-state index in [1.165, 1.54) is 0 Å². The molecule has 0 bridgehead atoms. The highest BCUT2D eigenvalue weighted by Gasteiger charge is 2.25. The molecule has 1 atom stereocenters. The van der Waals surface area contributed by atoms with Crippen molar-refractivity contribution in [1.29, 1.82) is 0 Å². The van der Waals surface area contributed by atoms with Gasteiger partial charge in [-0.05, 0) is 49.2 Å². The number of hydrogen-bond donors (Lipinski definition) is 3. The van der Waals surface area contributed by atoms with Crippen LogP contribution in [0.3, 0.4) is 0 Å². The zero-order chi connectivity index (χ0) is 23.3. The van der Waals surface area contributed by atoms with Gasteiger partial charge in [0.2, 0.25) is 5.95 Å². The number of phenols is 1. The SMILES string of the molecule is C[C@H]1CNCCN1CS(=O)(=O)c1cccc(-c2ccnc(NCCc3ccc(O)cc3)n2)c1. The molecule has 174 valence electrons. The standard InChI is InChI=1S/C24H29N5O3S/c1-18-16-25-13-14-29(18)17-33(31,32)22-4-2-3-20(15-22)23-10-12-27-24(28-23)26-11-9-19-5-7-21(30)8-6-19/h2-8,10,12,15,18,25,30H,9,11,13-14,16-17H2,1H3,(H,26,27,28)/t18-/m0/s1. The minimum Gasteiger partial charge on any atom is -0.508 e. The Balaban J connectivity index is 1.44. The Morgan fingerprint density at radius 3 is 2.79 bits per heavy atom. The van der Waals surface area contributed by atoms with Crippen LogP contribution in [0.5, 0.6) is 5.75 Å². The van der Waals surface area contributed by atoms with Crippen LogP contribution >= 0.6 is 0 Å². The van der Waals surface area contributed by atoms with E-state index < -0.39 is 9.84 Å². The van der Waals surface area contributed by atoms with E-state index >= 15 is 0 Å². The van der Waals surface area contributed by atoms with Crippen LogP contribution < -0.4 is 10.6 Å². The van der Waals surface area contributed by atoms with Gasteiger partial charge in [-0.3, -0.25) is 4.90 Å². The summed E-state index contributed by atoms with van der Waals surface area (Å²) in [5, 5.41) is 15.9. The van der Waals surface area contributed by atoms with Crippen molar-refractivity contribution in [3.05, 3.63) is 66.4 Å². The summed E-state index contributed by atoms with van der Waals surface area (Å²) in [5.41, 5.74) is 2.48. The second-order valence-electron chi connectivity index (χ2n) is 8.25. The van der Waals surface area contributed by atoms with E-state index in [1.807, 2.05) is 30.0 Å². The van der Waals surface area contributed by atoms with E-state index in [9.17, 15) is 13.5 Å². The average molecular weight is 468 g/mol. The number of nitrogens with zero attached hydrogens (tertiary/aromatic N) is 3. The molecule has 0 saturated carbocycles. The second kappa shape index (κ2) is 10.3. The maximum Gasteiger partial charge on any atom is 0.223 e. The molecule has 4 rings (SSSR count). The van der Waals surface area contributed by atoms with Crippen LogP contribution in [0.15, 0.2) is 65.7 Å². The number of anilines is 1. The van der Waals surface area contributed by atoms with Crippen LogP contribution in [-0.2, 0) is 16.3 Å². The topological polar surface area (TPSA) is 107 Å². The summed E-state index contributed by atoms with van der Waals surface area (Å²) >= 11 is 0. The molecular weight excluding hydrogens is 438 g/mol. The van der Waals surface area contributed by atoms with E-state index in [0.717, 1.165) is 30.6 Å². The molecule has 0 unspecified atom stereocenters. The molecule has 1 aliphatic heterocycles. The van der Waals surface area contributed by atoms with Gasteiger partial charge in [-0.1, -0.05) is 24.3 Å². The Morgan fingerprint density at radius 2 is 2.00 bits per heavy atom. The lowest BCUT2D eigenvalue weighted by Crippen LogP contribution is -2.51. The fraction of sp³-hybridized carbons (Fsp3) is 0.333. The summed E-state index contributed by atoms with van der Waals surface area (Å²) in [5.74, 6) is 0.733. The van der Waals surface area contributed by atoms with E-state index in [1.54, 1.807) is 42.6 Å². The Labute approximate surface area is 194 Å². The monoisotopic (exact) mass is 467 g/mol. The Bertz CT molecular complexity index is 1180. The Kier molecular flexibility index (Phi) is 7.22. The first-order valence-electron chi connectivity index (χ1n) is 11.0. The van der Waals surface area contributed by atoms with Crippen molar-refractivity contribution in [3.8, 4) is 17.0 Å². The fourth-order valence-electron chi connectivity index (χ4n) is 3.80. The molecule has 0 spiro atoms. The number of piperazine rings is 1. The van der Waals surface area contributed by atoms with Crippen molar-refractivity contribution >= 4 is 15.8 Å². The lowest BCUT2D eigenvalue weighted by atomic mass is 10.1. The zero-order valence-electron chi connectivity index (χ0n) is 18.6. The summed E-state index contributed by atoms with van der Waals surface area (Å²) in [6.07, 6.45) is 2.42. The van der Waals surface area contributed by atoms with Crippen LogP contribution in [0.2, 0.25) is 0 Å². The predicted molar refractivity (Wildman–Crippen MR) is 129 cm³/mol. The quantitative estimate of drug-likeness (QED) is 0.464. The van der Waals surface area contributed by atoms with Crippen LogP contribution in [-0.4, -0.2) is 66.5 Å². The molecule has 1 saturated heterocycles. The van der Waals surface area contributed by atoms with Crippen molar-refractivity contribution in [3.63, 3.8) is 0 Å². The molecule has 1 aromatic heterocycles. The van der Waals surface area contributed by atoms with Gasteiger partial charge in [0.1, 0.15) is 11.6 Å². The van der Waals surface area contributed by atoms with Crippen molar-refractivity contribution in [2.24, 2.45) is 0 Å². The fourth-order valence-corrected chi connectivity index (χ4v) is 5.36. The molecule has 2 heterocycles. The smallest absolute Gasteiger partial charge is 0.223 e. The highest BCUT2D eigenvalue weighted by Crippen LogP contribution is 2.23. The van der Waals surface area contributed by atoms with E-state index in [-0.39, 0.29) is 17.7 Å². The molecule has 1 fully saturated rings. The first-order chi connectivity index (χ1) is 15.9. The maximum atomic E-state index is 13.1. The molecule has 3 N–H and O–H groups in total. The van der Waals surface area contributed by atoms with Gasteiger partial charge in [-0.2, -0.15) is 0 Å². The van der Waals surface area contributed by atoms with Crippen LogP contribution in [0.25, 0.3) is 11.3 Å². The third kappa shape index (κ3) is 6.07. The second-order valence-corrected chi connectivity index (χ2v) is 10.2. The van der Waals surface area contributed by atoms with Crippen LogP contribution in [0, 0.1) is 0 Å². The van der Waals surface area contributed by atoms with Gasteiger partial charge in [0.25, 0.3) is 0 Å². The minimum absolute atomic E-state index is 0.00708. The average Bonchev–Trinajstić information content (AvgIpc) is 2.82. The number of aromatic nitrogens is 2. The summed E-state index contributed by atoms with van der Waals surface area (Å²) < 4.78 is 26.1. The number of hydrogen-bond acceptors (Lipinski definition) is 8. The lowest BCUT2D eigenvalue weighted by Gasteiger charge is -2.33. The number of rotatable bonds is 8. The normalized spacial score (nSPS) is 17.1. The number of nitrogens with one attached hydrogen (secondary N) is 2. The van der Waals surface area contributed by atoms with Crippen molar-refractivity contribution in [2.75, 3.05) is 37.4 Å². The molecular formula is C24H29N5O3S. The third-order valence-electron chi connectivity index (χ3n) is 5.75. The number of sulfone groups is 1. The van der Waals surface area contributed by atoms with Crippen molar-refractivity contribution < 1.29 is 13.5 Å². The largest absolute Gasteiger partial charge is 0.508 e. The number of aromatic hydroxyl groups is 1. The number of benzene rings is 2. The van der Waals surface area contributed by atoms with Gasteiger partial charge in [-0.25, -0.2) is 18.4 Å². The van der Waals surface area contributed by atoms with Crippen LogP contribution in [0.1, 0.15) is 12.5 Å². The van der Waals surface area contributed by atoms with E-state index in [4.69, 9.17) is 0 Å². The maximum absolute atomic E-state index is 13.1. The number of phenolic OH excluding ortho intramolecular Hbond substituents is 1. The van der Waals surface area contributed by atoms with E-state index in [0.29, 0.717) is 29.6 Å². The van der Waals surface area contributed by atoms with Gasteiger partial charge in [0, 0.05) is 44.0 Å². The molecule has 33 heavy (non-hydrogen) atoms. The molecule has 8 nitrogen and oxygen atoms in total. The van der Waals surface area contributed by atoms with Gasteiger partial charge in [0.05, 0.1) is 10.6 Å². The zero-order valence-corrected chi connectivity index (χ0v) is 19.4.